The normalized spacial score (nSPS) is 15.1. The maximum Gasteiger partial charge on any atom is 0.0558 e. The van der Waals surface area contributed by atoms with Gasteiger partial charge in [-0.25, -0.2) is 0 Å². The van der Waals surface area contributed by atoms with E-state index in [1.54, 1.807) is 0 Å². The Morgan fingerprint density at radius 2 is 2.19 bits per heavy atom. The highest BCUT2D eigenvalue weighted by atomic mass is 79.9. The number of hydrogen-bond acceptors (Lipinski definition) is 3. The molecule has 0 saturated heterocycles. The van der Waals surface area contributed by atoms with E-state index < -0.39 is 0 Å². The molecule has 0 heterocycles. The lowest BCUT2D eigenvalue weighted by Gasteiger charge is -2.31. The van der Waals surface area contributed by atoms with Crippen LogP contribution in [0.2, 0.25) is 0 Å². The number of hydrogen-bond donors (Lipinski definition) is 2. The molecule has 90 valence electrons. The van der Waals surface area contributed by atoms with Crippen LogP contribution in [-0.2, 0) is 0 Å². The minimum absolute atomic E-state index is 0.0193. The number of benzene rings is 1. The first-order valence-electron chi connectivity index (χ1n) is 5.38. The van der Waals surface area contributed by atoms with Gasteiger partial charge < -0.3 is 10.8 Å². The molecule has 1 aromatic rings. The van der Waals surface area contributed by atoms with Gasteiger partial charge in [0.15, 0.2) is 0 Å². The van der Waals surface area contributed by atoms with Gasteiger partial charge in [0.1, 0.15) is 0 Å². The predicted octanol–water partition coefficient (Wildman–Crippen LogP) is 1.76. The lowest BCUT2D eigenvalue weighted by atomic mass is 10.00. The number of nitrogens with zero attached hydrogens (tertiary/aromatic N) is 1. The van der Waals surface area contributed by atoms with E-state index in [1.807, 2.05) is 26.1 Å². The summed E-state index contributed by atoms with van der Waals surface area (Å²) in [6.07, 6.45) is 0. The molecule has 0 aliphatic rings. The first kappa shape index (κ1) is 13.6. The van der Waals surface area contributed by atoms with Crippen LogP contribution in [0.25, 0.3) is 0 Å². The Morgan fingerprint density at radius 1 is 1.50 bits per heavy atom. The first-order valence-corrected chi connectivity index (χ1v) is 6.17. The van der Waals surface area contributed by atoms with Crippen LogP contribution in [0.5, 0.6) is 0 Å². The zero-order valence-electron chi connectivity index (χ0n) is 9.73. The van der Waals surface area contributed by atoms with Gasteiger partial charge in [-0.3, -0.25) is 4.90 Å². The zero-order valence-corrected chi connectivity index (χ0v) is 11.3. The number of aliphatic hydroxyl groups is 1. The van der Waals surface area contributed by atoms with Crippen molar-refractivity contribution in [2.45, 2.75) is 19.0 Å². The maximum atomic E-state index is 8.98. The summed E-state index contributed by atoms with van der Waals surface area (Å²) in [7, 11) is 1.98. The van der Waals surface area contributed by atoms with Crippen LogP contribution in [0, 0.1) is 0 Å². The van der Waals surface area contributed by atoms with Gasteiger partial charge in [0.25, 0.3) is 0 Å². The third-order valence-corrected chi connectivity index (χ3v) is 3.11. The monoisotopic (exact) mass is 286 g/mol. The third kappa shape index (κ3) is 3.56. The minimum atomic E-state index is 0.0193. The SMILES string of the molecule is CC(N)C(c1cccc(Br)c1)N(C)CCO. The van der Waals surface area contributed by atoms with E-state index in [1.165, 1.54) is 5.56 Å². The van der Waals surface area contributed by atoms with Crippen LogP contribution in [-0.4, -0.2) is 36.2 Å². The van der Waals surface area contributed by atoms with E-state index in [0.29, 0.717) is 6.54 Å². The topological polar surface area (TPSA) is 49.5 Å². The Morgan fingerprint density at radius 3 is 2.69 bits per heavy atom. The maximum absolute atomic E-state index is 8.98. The Labute approximate surface area is 105 Å². The highest BCUT2D eigenvalue weighted by molar-refractivity contribution is 9.10. The van der Waals surface area contributed by atoms with Crippen molar-refractivity contribution < 1.29 is 5.11 Å². The van der Waals surface area contributed by atoms with Crippen molar-refractivity contribution in [2.75, 3.05) is 20.2 Å². The molecular weight excluding hydrogens is 268 g/mol. The molecule has 0 radical (unpaired) electrons. The first-order chi connectivity index (χ1) is 7.56. The van der Waals surface area contributed by atoms with Crippen molar-refractivity contribution in [3.63, 3.8) is 0 Å². The highest BCUT2D eigenvalue weighted by Gasteiger charge is 2.20. The van der Waals surface area contributed by atoms with Crippen LogP contribution in [0.15, 0.2) is 28.7 Å². The van der Waals surface area contributed by atoms with Gasteiger partial charge in [-0.15, -0.1) is 0 Å². The molecule has 2 atom stereocenters. The molecule has 0 spiro atoms. The van der Waals surface area contributed by atoms with Gasteiger partial charge in [0, 0.05) is 23.1 Å². The van der Waals surface area contributed by atoms with Gasteiger partial charge in [-0.2, -0.15) is 0 Å². The summed E-state index contributed by atoms with van der Waals surface area (Å²) in [5.74, 6) is 0. The number of halogens is 1. The Balaban J connectivity index is 2.93. The lowest BCUT2D eigenvalue weighted by molar-refractivity contribution is 0.167. The molecule has 0 bridgehead atoms. The van der Waals surface area contributed by atoms with Crippen LogP contribution >= 0.6 is 15.9 Å². The average molecular weight is 287 g/mol. The van der Waals surface area contributed by atoms with Crippen LogP contribution in [0.1, 0.15) is 18.5 Å². The molecular formula is C12H19BrN2O. The summed E-state index contributed by atoms with van der Waals surface area (Å²) < 4.78 is 1.05. The Hall–Kier alpha value is -0.420. The predicted molar refractivity (Wildman–Crippen MR) is 70.2 cm³/mol. The fraction of sp³-hybridized carbons (Fsp3) is 0.500. The Bertz CT molecular complexity index is 331. The highest BCUT2D eigenvalue weighted by Crippen LogP contribution is 2.24. The van der Waals surface area contributed by atoms with E-state index in [9.17, 15) is 0 Å². The van der Waals surface area contributed by atoms with E-state index in [2.05, 4.69) is 33.0 Å². The molecule has 1 rings (SSSR count). The van der Waals surface area contributed by atoms with Crippen molar-refractivity contribution in [3.8, 4) is 0 Å². The quantitative estimate of drug-likeness (QED) is 0.867. The standard InChI is InChI=1S/C12H19BrN2O/c1-9(14)12(15(2)6-7-16)10-4-3-5-11(13)8-10/h3-5,8-9,12,16H,6-7,14H2,1-2H3. The van der Waals surface area contributed by atoms with Crippen LogP contribution < -0.4 is 5.73 Å². The summed E-state index contributed by atoms with van der Waals surface area (Å²) in [6, 6.07) is 8.28. The number of rotatable bonds is 5. The van der Waals surface area contributed by atoms with Crippen molar-refractivity contribution in [3.05, 3.63) is 34.3 Å². The lowest BCUT2D eigenvalue weighted by Crippen LogP contribution is -2.38. The van der Waals surface area contributed by atoms with Crippen molar-refractivity contribution in [1.82, 2.24) is 4.90 Å². The molecule has 0 aliphatic carbocycles. The van der Waals surface area contributed by atoms with Crippen molar-refractivity contribution in [2.24, 2.45) is 5.73 Å². The van der Waals surface area contributed by atoms with Gasteiger partial charge in [0.05, 0.1) is 6.61 Å². The van der Waals surface area contributed by atoms with Gasteiger partial charge >= 0.3 is 0 Å². The average Bonchev–Trinajstić information content (AvgIpc) is 2.17. The second kappa shape index (κ2) is 6.35. The van der Waals surface area contributed by atoms with Gasteiger partial charge in [-0.05, 0) is 31.7 Å². The minimum Gasteiger partial charge on any atom is -0.395 e. The molecule has 4 heteroatoms. The molecule has 1 aromatic carbocycles. The third-order valence-electron chi connectivity index (χ3n) is 2.62. The second-order valence-electron chi connectivity index (χ2n) is 4.06. The number of aliphatic hydroxyl groups excluding tert-OH is 1. The van der Waals surface area contributed by atoms with E-state index in [0.717, 1.165) is 4.47 Å². The van der Waals surface area contributed by atoms with Crippen LogP contribution in [0.3, 0.4) is 0 Å². The molecule has 3 nitrogen and oxygen atoms in total. The number of likely N-dealkylation sites (N-methyl/N-ethyl adjacent to an activating group) is 1. The van der Waals surface area contributed by atoms with Crippen LogP contribution in [0.4, 0.5) is 0 Å². The summed E-state index contributed by atoms with van der Waals surface area (Å²) in [6.45, 7) is 2.76. The van der Waals surface area contributed by atoms with Crippen molar-refractivity contribution >= 4 is 15.9 Å². The fourth-order valence-corrected chi connectivity index (χ4v) is 2.36. The molecule has 16 heavy (non-hydrogen) atoms. The summed E-state index contributed by atoms with van der Waals surface area (Å²) in [5, 5.41) is 8.98. The Kier molecular flexibility index (Phi) is 5.41. The second-order valence-corrected chi connectivity index (χ2v) is 4.98. The van der Waals surface area contributed by atoms with Gasteiger partial charge in [-0.1, -0.05) is 28.1 Å². The molecule has 2 unspecified atom stereocenters. The molecule has 0 aromatic heterocycles. The summed E-state index contributed by atoms with van der Waals surface area (Å²) in [5.41, 5.74) is 7.18. The fourth-order valence-electron chi connectivity index (χ4n) is 1.95. The summed E-state index contributed by atoms with van der Waals surface area (Å²) in [4.78, 5) is 2.08. The van der Waals surface area contributed by atoms with E-state index >= 15 is 0 Å². The molecule has 0 amide bonds. The zero-order chi connectivity index (χ0) is 12.1. The van der Waals surface area contributed by atoms with E-state index in [-0.39, 0.29) is 18.7 Å². The number of nitrogens with two attached hydrogens (primary N) is 1. The van der Waals surface area contributed by atoms with Crippen molar-refractivity contribution in [1.29, 1.82) is 0 Å². The smallest absolute Gasteiger partial charge is 0.0558 e. The van der Waals surface area contributed by atoms with E-state index in [4.69, 9.17) is 10.8 Å². The molecule has 0 fully saturated rings. The molecule has 0 aliphatic heterocycles. The largest absolute Gasteiger partial charge is 0.395 e. The summed E-state index contributed by atoms with van der Waals surface area (Å²) >= 11 is 3.46. The van der Waals surface area contributed by atoms with Gasteiger partial charge in [0.2, 0.25) is 0 Å². The molecule has 3 N–H and O–H groups in total. The molecule has 0 saturated carbocycles.